The molecule has 1 heterocycles. The topological polar surface area (TPSA) is 15.3 Å². The van der Waals surface area contributed by atoms with Gasteiger partial charge in [-0.05, 0) is 49.4 Å². The molecule has 1 aliphatic heterocycles. The Morgan fingerprint density at radius 1 is 1.19 bits per heavy atom. The van der Waals surface area contributed by atoms with Crippen LogP contribution in [0.1, 0.15) is 58.6 Å². The van der Waals surface area contributed by atoms with Gasteiger partial charge in [0.2, 0.25) is 0 Å². The molecule has 0 aromatic heterocycles. The zero-order valence-corrected chi connectivity index (χ0v) is 14.5. The van der Waals surface area contributed by atoms with Crippen molar-refractivity contribution in [3.05, 3.63) is 35.4 Å². The van der Waals surface area contributed by atoms with E-state index < -0.39 is 0 Å². The highest BCUT2D eigenvalue weighted by atomic mass is 15.2. The van der Waals surface area contributed by atoms with Gasteiger partial charge in [0.25, 0.3) is 0 Å². The molecule has 2 rings (SSSR count). The summed E-state index contributed by atoms with van der Waals surface area (Å²) >= 11 is 0. The van der Waals surface area contributed by atoms with Crippen LogP contribution in [0.15, 0.2) is 24.3 Å². The fourth-order valence-electron chi connectivity index (χ4n) is 3.06. The van der Waals surface area contributed by atoms with Gasteiger partial charge in [-0.15, -0.1) is 0 Å². The molecule has 21 heavy (non-hydrogen) atoms. The summed E-state index contributed by atoms with van der Waals surface area (Å²) in [4.78, 5) is 2.61. The highest BCUT2D eigenvalue weighted by Crippen LogP contribution is 2.23. The van der Waals surface area contributed by atoms with Crippen molar-refractivity contribution < 1.29 is 0 Å². The summed E-state index contributed by atoms with van der Waals surface area (Å²) in [6, 6.07) is 9.21. The van der Waals surface area contributed by atoms with E-state index in [-0.39, 0.29) is 11.0 Å². The van der Waals surface area contributed by atoms with Crippen LogP contribution in [0.3, 0.4) is 0 Å². The van der Waals surface area contributed by atoms with Crippen molar-refractivity contribution in [2.24, 2.45) is 0 Å². The molecule has 1 N–H and O–H groups in total. The fourth-order valence-corrected chi connectivity index (χ4v) is 3.06. The van der Waals surface area contributed by atoms with Crippen molar-refractivity contribution >= 4 is 0 Å². The Morgan fingerprint density at radius 2 is 1.86 bits per heavy atom. The molecule has 118 valence electrons. The molecule has 2 nitrogen and oxygen atoms in total. The van der Waals surface area contributed by atoms with Gasteiger partial charge in [0, 0.05) is 18.6 Å². The summed E-state index contributed by atoms with van der Waals surface area (Å²) in [6.07, 6.45) is 2.43. The smallest absolute Gasteiger partial charge is 0.0277 e. The van der Waals surface area contributed by atoms with Crippen LogP contribution in [0.25, 0.3) is 0 Å². The average molecular weight is 288 g/mol. The zero-order valence-electron chi connectivity index (χ0n) is 14.5. The summed E-state index contributed by atoms with van der Waals surface area (Å²) < 4.78 is 0. The second-order valence-corrected chi connectivity index (χ2v) is 7.85. The van der Waals surface area contributed by atoms with E-state index in [0.717, 1.165) is 19.6 Å². The molecule has 1 fully saturated rings. The molecule has 2 heteroatoms. The normalized spacial score (nSPS) is 24.8. The molecule has 1 aromatic carbocycles. The minimum atomic E-state index is 0.242. The Labute approximate surface area is 130 Å². The molecule has 0 radical (unpaired) electrons. The van der Waals surface area contributed by atoms with Gasteiger partial charge in [0.15, 0.2) is 0 Å². The van der Waals surface area contributed by atoms with Crippen LogP contribution in [-0.2, 0) is 12.0 Å². The number of nitrogens with zero attached hydrogens (tertiary/aromatic N) is 1. The predicted molar refractivity (Wildman–Crippen MR) is 91.7 cm³/mol. The van der Waals surface area contributed by atoms with E-state index in [2.05, 4.69) is 69.1 Å². The molecule has 0 spiro atoms. The molecule has 1 unspecified atom stereocenters. The molecular weight excluding hydrogens is 256 g/mol. The average Bonchev–Trinajstić information content (AvgIpc) is 2.61. The second-order valence-electron chi connectivity index (χ2n) is 7.85. The van der Waals surface area contributed by atoms with Crippen molar-refractivity contribution in [3.8, 4) is 0 Å². The monoisotopic (exact) mass is 288 g/mol. The summed E-state index contributed by atoms with van der Waals surface area (Å²) in [5.74, 6) is 0. The summed E-state index contributed by atoms with van der Waals surface area (Å²) in [5, 5.41) is 3.71. The van der Waals surface area contributed by atoms with E-state index in [1.54, 1.807) is 0 Å². The van der Waals surface area contributed by atoms with Gasteiger partial charge in [-0.25, -0.2) is 0 Å². The van der Waals surface area contributed by atoms with Gasteiger partial charge >= 0.3 is 0 Å². The van der Waals surface area contributed by atoms with Crippen LogP contribution < -0.4 is 5.32 Å². The lowest BCUT2D eigenvalue weighted by molar-refractivity contribution is 0.208. The number of hydrogen-bond donors (Lipinski definition) is 1. The number of nitrogens with one attached hydrogen (secondary N) is 1. The largest absolute Gasteiger partial charge is 0.310 e. The maximum absolute atomic E-state index is 3.71. The summed E-state index contributed by atoms with van der Waals surface area (Å²) in [5.41, 5.74) is 3.36. The van der Waals surface area contributed by atoms with Gasteiger partial charge < -0.3 is 5.32 Å². The predicted octanol–water partition coefficient (Wildman–Crippen LogP) is 3.95. The van der Waals surface area contributed by atoms with E-state index in [1.807, 2.05) is 0 Å². The number of benzene rings is 1. The molecule has 1 saturated heterocycles. The van der Waals surface area contributed by atoms with Crippen molar-refractivity contribution in [1.29, 1.82) is 0 Å². The highest BCUT2D eigenvalue weighted by Gasteiger charge is 2.26. The third-order valence-electron chi connectivity index (χ3n) is 4.78. The van der Waals surface area contributed by atoms with E-state index in [9.17, 15) is 0 Å². The third-order valence-corrected chi connectivity index (χ3v) is 4.78. The standard InChI is InChI=1S/C19H32N2/c1-6-19(5)15-21(13-7-12-20-19)14-16-8-10-17(11-9-16)18(2,3)4/h8-11,20H,6-7,12-15H2,1-5H3. The van der Waals surface area contributed by atoms with E-state index in [0.29, 0.717) is 0 Å². The lowest BCUT2D eigenvalue weighted by atomic mass is 9.86. The Balaban J connectivity index is 2.03. The first kappa shape index (κ1) is 16.5. The lowest BCUT2D eigenvalue weighted by Gasteiger charge is -2.32. The SMILES string of the molecule is CCC1(C)CN(Cc2ccc(C(C)(C)C)cc2)CCCN1. The Kier molecular flexibility index (Phi) is 5.11. The van der Waals surface area contributed by atoms with E-state index >= 15 is 0 Å². The molecule has 1 aliphatic rings. The van der Waals surface area contributed by atoms with E-state index in [4.69, 9.17) is 0 Å². The van der Waals surface area contributed by atoms with Crippen LogP contribution >= 0.6 is 0 Å². The lowest BCUT2D eigenvalue weighted by Crippen LogP contribution is -2.48. The van der Waals surface area contributed by atoms with Crippen LogP contribution in [0.5, 0.6) is 0 Å². The second kappa shape index (κ2) is 6.50. The highest BCUT2D eigenvalue weighted by molar-refractivity contribution is 5.27. The molecule has 0 aliphatic carbocycles. The van der Waals surface area contributed by atoms with Gasteiger partial charge in [0.05, 0.1) is 0 Å². The molecule has 0 amide bonds. The first-order valence-corrected chi connectivity index (χ1v) is 8.39. The van der Waals surface area contributed by atoms with Gasteiger partial charge in [-0.3, -0.25) is 4.90 Å². The van der Waals surface area contributed by atoms with Crippen LogP contribution in [0.2, 0.25) is 0 Å². The quantitative estimate of drug-likeness (QED) is 0.906. The zero-order chi connectivity index (χ0) is 15.5. The Morgan fingerprint density at radius 3 is 2.43 bits per heavy atom. The van der Waals surface area contributed by atoms with E-state index in [1.165, 1.54) is 30.5 Å². The van der Waals surface area contributed by atoms with Crippen molar-refractivity contribution in [3.63, 3.8) is 0 Å². The van der Waals surface area contributed by atoms with Crippen LogP contribution in [0, 0.1) is 0 Å². The van der Waals surface area contributed by atoms with Gasteiger partial charge in [-0.1, -0.05) is 52.0 Å². The van der Waals surface area contributed by atoms with Crippen molar-refractivity contribution in [2.45, 2.75) is 65.0 Å². The van der Waals surface area contributed by atoms with Crippen molar-refractivity contribution in [2.75, 3.05) is 19.6 Å². The molecule has 1 aromatic rings. The van der Waals surface area contributed by atoms with Gasteiger partial charge in [-0.2, -0.15) is 0 Å². The van der Waals surface area contributed by atoms with Gasteiger partial charge in [0.1, 0.15) is 0 Å². The third kappa shape index (κ3) is 4.55. The summed E-state index contributed by atoms with van der Waals surface area (Å²) in [6.45, 7) is 16.0. The first-order chi connectivity index (χ1) is 9.82. The minimum Gasteiger partial charge on any atom is -0.310 e. The van der Waals surface area contributed by atoms with Crippen LogP contribution in [-0.4, -0.2) is 30.1 Å². The molecule has 1 atom stereocenters. The fraction of sp³-hybridized carbons (Fsp3) is 0.684. The maximum atomic E-state index is 3.71. The maximum Gasteiger partial charge on any atom is 0.0277 e. The van der Waals surface area contributed by atoms with Crippen LogP contribution in [0.4, 0.5) is 0 Å². The number of rotatable bonds is 3. The minimum absolute atomic E-state index is 0.242. The molecule has 0 saturated carbocycles. The first-order valence-electron chi connectivity index (χ1n) is 8.39. The molecule has 0 bridgehead atoms. The summed E-state index contributed by atoms with van der Waals surface area (Å²) in [7, 11) is 0. The Bertz CT molecular complexity index is 444. The number of hydrogen-bond acceptors (Lipinski definition) is 2. The Hall–Kier alpha value is -0.860. The molecular formula is C19H32N2. The van der Waals surface area contributed by atoms with Crippen molar-refractivity contribution in [1.82, 2.24) is 10.2 Å².